The number of alkyl halides is 1. The maximum absolute atomic E-state index is 11.7. The Morgan fingerprint density at radius 3 is 2.47 bits per heavy atom. The van der Waals surface area contributed by atoms with E-state index in [4.69, 9.17) is 16.3 Å². The number of ketones is 2. The molecule has 0 N–H and O–H groups in total. The van der Waals surface area contributed by atoms with Crippen LogP contribution in [-0.2, 0) is 4.79 Å². The Balaban J connectivity index is 3.17. The van der Waals surface area contributed by atoms with Crippen molar-refractivity contribution in [1.82, 2.24) is 0 Å². The fraction of sp³-hybridized carbons (Fsp3) is 0.385. The molecule has 0 atom stereocenters. The van der Waals surface area contributed by atoms with E-state index >= 15 is 0 Å². The van der Waals surface area contributed by atoms with E-state index in [2.05, 4.69) is 0 Å². The van der Waals surface area contributed by atoms with Gasteiger partial charge in [-0.05, 0) is 23.6 Å². The van der Waals surface area contributed by atoms with Gasteiger partial charge in [-0.25, -0.2) is 0 Å². The van der Waals surface area contributed by atoms with Crippen LogP contribution in [0.15, 0.2) is 18.2 Å². The number of rotatable bonds is 5. The zero-order valence-corrected chi connectivity index (χ0v) is 10.9. The van der Waals surface area contributed by atoms with Crippen LogP contribution in [0.4, 0.5) is 0 Å². The van der Waals surface area contributed by atoms with Gasteiger partial charge in [-0.1, -0.05) is 19.9 Å². The van der Waals surface area contributed by atoms with Gasteiger partial charge in [0.2, 0.25) is 11.6 Å². The van der Waals surface area contributed by atoms with Crippen molar-refractivity contribution in [3.8, 4) is 5.75 Å². The van der Waals surface area contributed by atoms with Gasteiger partial charge in [0.25, 0.3) is 0 Å². The molecule has 4 heteroatoms. The average molecular weight is 255 g/mol. The first-order valence-electron chi connectivity index (χ1n) is 5.32. The lowest BCUT2D eigenvalue weighted by Crippen LogP contribution is -2.16. The molecule has 0 aliphatic carbocycles. The van der Waals surface area contributed by atoms with E-state index in [-0.39, 0.29) is 11.4 Å². The molecule has 0 saturated heterocycles. The van der Waals surface area contributed by atoms with Gasteiger partial charge in [-0.15, -0.1) is 11.6 Å². The molecule has 17 heavy (non-hydrogen) atoms. The first kappa shape index (κ1) is 13.7. The zero-order chi connectivity index (χ0) is 13.0. The highest BCUT2D eigenvalue weighted by Crippen LogP contribution is 2.25. The van der Waals surface area contributed by atoms with Crippen LogP contribution in [0.5, 0.6) is 5.75 Å². The van der Waals surface area contributed by atoms with Gasteiger partial charge >= 0.3 is 0 Å². The van der Waals surface area contributed by atoms with Crippen molar-refractivity contribution in [3.05, 3.63) is 29.3 Å². The number of halogens is 1. The van der Waals surface area contributed by atoms with Crippen LogP contribution in [0.3, 0.4) is 0 Å². The second kappa shape index (κ2) is 5.82. The molecular formula is C13H15ClO3. The zero-order valence-electron chi connectivity index (χ0n) is 10.1. The molecule has 0 radical (unpaired) electrons. The molecule has 0 heterocycles. The maximum Gasteiger partial charge on any atom is 0.233 e. The first-order valence-corrected chi connectivity index (χ1v) is 5.86. The number of Topliss-reactive ketones (excluding diaryl/α,β-unsaturated/α-hetero) is 2. The van der Waals surface area contributed by atoms with Crippen LogP contribution in [-0.4, -0.2) is 24.6 Å². The quantitative estimate of drug-likeness (QED) is 0.461. The minimum Gasteiger partial charge on any atom is -0.496 e. The minimum atomic E-state index is -0.623. The summed E-state index contributed by atoms with van der Waals surface area (Å²) < 4.78 is 5.14. The fourth-order valence-corrected chi connectivity index (χ4v) is 1.59. The molecular weight excluding hydrogens is 240 g/mol. The van der Waals surface area contributed by atoms with Crippen molar-refractivity contribution in [1.29, 1.82) is 0 Å². The number of methoxy groups -OCH3 is 1. The largest absolute Gasteiger partial charge is 0.496 e. The molecule has 0 aliphatic heterocycles. The first-order chi connectivity index (χ1) is 8.01. The monoisotopic (exact) mass is 254 g/mol. The molecule has 1 aromatic rings. The number of benzene rings is 1. The summed E-state index contributed by atoms with van der Waals surface area (Å²) in [7, 11) is 1.47. The van der Waals surface area contributed by atoms with E-state index in [1.165, 1.54) is 7.11 Å². The second-order valence-electron chi connectivity index (χ2n) is 4.00. The molecule has 0 aromatic heterocycles. The van der Waals surface area contributed by atoms with Gasteiger partial charge in [-0.3, -0.25) is 9.59 Å². The van der Waals surface area contributed by atoms with Gasteiger partial charge in [0.1, 0.15) is 5.75 Å². The summed E-state index contributed by atoms with van der Waals surface area (Å²) in [5.41, 5.74) is 1.32. The van der Waals surface area contributed by atoms with Crippen LogP contribution in [0.2, 0.25) is 0 Å². The molecule has 0 fully saturated rings. The maximum atomic E-state index is 11.7. The summed E-state index contributed by atoms with van der Waals surface area (Å²) in [6.45, 7) is 4.08. The third kappa shape index (κ3) is 3.07. The Labute approximate surface area is 106 Å². The fourth-order valence-electron chi connectivity index (χ4n) is 1.47. The third-order valence-corrected chi connectivity index (χ3v) is 2.75. The van der Waals surface area contributed by atoms with Crippen molar-refractivity contribution in [2.24, 2.45) is 0 Å². The number of carbonyl (C=O) groups is 2. The highest BCUT2D eigenvalue weighted by molar-refractivity contribution is 6.51. The highest BCUT2D eigenvalue weighted by Gasteiger charge is 2.19. The molecule has 1 rings (SSSR count). The smallest absolute Gasteiger partial charge is 0.233 e. The number of hydrogen-bond donors (Lipinski definition) is 0. The van der Waals surface area contributed by atoms with Crippen LogP contribution in [0.25, 0.3) is 0 Å². The Morgan fingerprint density at radius 2 is 2.00 bits per heavy atom. The van der Waals surface area contributed by atoms with Crippen molar-refractivity contribution in [2.45, 2.75) is 19.8 Å². The van der Waals surface area contributed by atoms with Crippen LogP contribution in [0.1, 0.15) is 35.7 Å². The lowest BCUT2D eigenvalue weighted by Gasteiger charge is -2.11. The summed E-state index contributed by atoms with van der Waals surface area (Å²) in [6.07, 6.45) is 0. The summed E-state index contributed by atoms with van der Waals surface area (Å²) >= 11 is 5.36. The summed E-state index contributed by atoms with van der Waals surface area (Å²) in [6, 6.07) is 5.21. The number of carbonyl (C=O) groups excluding carboxylic acids is 2. The van der Waals surface area contributed by atoms with E-state index in [0.717, 1.165) is 5.56 Å². The number of hydrogen-bond acceptors (Lipinski definition) is 3. The third-order valence-electron chi connectivity index (χ3n) is 2.51. The van der Waals surface area contributed by atoms with Gasteiger partial charge in [0, 0.05) is 0 Å². The molecule has 0 spiro atoms. The molecule has 1 aromatic carbocycles. The van der Waals surface area contributed by atoms with Crippen molar-refractivity contribution >= 4 is 23.2 Å². The van der Waals surface area contributed by atoms with E-state index in [1.807, 2.05) is 19.9 Å². The summed E-state index contributed by atoms with van der Waals surface area (Å²) in [5, 5.41) is 0. The second-order valence-corrected chi connectivity index (χ2v) is 4.27. The summed E-state index contributed by atoms with van der Waals surface area (Å²) in [5.74, 6) is -0.792. The molecule has 3 nitrogen and oxygen atoms in total. The predicted octanol–water partition coefficient (Wildman–Crippen LogP) is 2.81. The van der Waals surface area contributed by atoms with Crippen LogP contribution < -0.4 is 4.74 Å². The SMILES string of the molecule is COc1cc(C(C)C)ccc1C(=O)C(=O)CCl. The molecule has 0 aliphatic rings. The molecule has 92 valence electrons. The standard InChI is InChI=1S/C13H15ClO3/c1-8(2)9-4-5-10(12(6-9)17-3)13(16)11(15)7-14/h4-6,8H,7H2,1-3H3. The molecule has 0 amide bonds. The lowest BCUT2D eigenvalue weighted by molar-refractivity contribution is -0.112. The van der Waals surface area contributed by atoms with Gasteiger partial charge in [0.05, 0.1) is 18.6 Å². The lowest BCUT2D eigenvalue weighted by atomic mass is 9.98. The Kier molecular flexibility index (Phi) is 4.70. The molecule has 0 unspecified atom stereocenters. The average Bonchev–Trinajstić information content (AvgIpc) is 2.35. The Morgan fingerprint density at radius 1 is 1.35 bits per heavy atom. The summed E-state index contributed by atoms with van der Waals surface area (Å²) in [4.78, 5) is 23.0. The Hall–Kier alpha value is -1.35. The van der Waals surface area contributed by atoms with E-state index < -0.39 is 11.6 Å². The normalized spacial score (nSPS) is 10.4. The predicted molar refractivity (Wildman–Crippen MR) is 67.1 cm³/mol. The van der Waals surface area contributed by atoms with Crippen molar-refractivity contribution in [2.75, 3.05) is 13.0 Å². The van der Waals surface area contributed by atoms with Gasteiger partial charge in [0.15, 0.2) is 0 Å². The van der Waals surface area contributed by atoms with Crippen LogP contribution in [0, 0.1) is 0 Å². The van der Waals surface area contributed by atoms with E-state index in [9.17, 15) is 9.59 Å². The van der Waals surface area contributed by atoms with Gasteiger partial charge < -0.3 is 4.74 Å². The Bertz CT molecular complexity index is 438. The van der Waals surface area contributed by atoms with E-state index in [0.29, 0.717) is 11.7 Å². The van der Waals surface area contributed by atoms with Crippen molar-refractivity contribution < 1.29 is 14.3 Å². The molecule has 0 saturated carbocycles. The topological polar surface area (TPSA) is 43.4 Å². The van der Waals surface area contributed by atoms with Gasteiger partial charge in [-0.2, -0.15) is 0 Å². The van der Waals surface area contributed by atoms with E-state index in [1.54, 1.807) is 12.1 Å². The highest BCUT2D eigenvalue weighted by atomic mass is 35.5. The minimum absolute atomic E-state index is 0.266. The van der Waals surface area contributed by atoms with Crippen LogP contribution >= 0.6 is 11.6 Å². The van der Waals surface area contributed by atoms with Crippen molar-refractivity contribution in [3.63, 3.8) is 0 Å². The molecule has 0 bridgehead atoms. The number of ether oxygens (including phenoxy) is 1.